The molecule has 2 aromatic rings. The van der Waals surface area contributed by atoms with Crippen molar-refractivity contribution in [2.24, 2.45) is 5.73 Å². The van der Waals surface area contributed by atoms with Crippen LogP contribution in [0.2, 0.25) is 10.0 Å². The van der Waals surface area contributed by atoms with Crippen LogP contribution in [0.3, 0.4) is 0 Å². The molecule has 0 aliphatic heterocycles. The zero-order valence-corrected chi connectivity index (χ0v) is 13.3. The Bertz CT molecular complexity index is 696. The van der Waals surface area contributed by atoms with Gasteiger partial charge in [-0.3, -0.25) is 4.79 Å². The Labute approximate surface area is 137 Å². The predicted octanol–water partition coefficient (Wildman–Crippen LogP) is 3.30. The molecule has 0 fully saturated rings. The average molecular weight is 339 g/mol. The Hall–Kier alpha value is -1.51. The minimum Gasteiger partial charge on any atom is -0.347 e. The van der Waals surface area contributed by atoms with E-state index in [2.05, 4.69) is 17.2 Å². The van der Waals surface area contributed by atoms with Gasteiger partial charge in [-0.1, -0.05) is 41.1 Å². The molecular weight excluding hydrogens is 327 g/mol. The fourth-order valence-corrected chi connectivity index (χ4v) is 2.99. The Morgan fingerprint density at radius 1 is 1.33 bits per heavy atom. The lowest BCUT2D eigenvalue weighted by molar-refractivity contribution is 0.0951. The van der Waals surface area contributed by atoms with Gasteiger partial charge in [0.1, 0.15) is 0 Å². The molecule has 108 valence electrons. The van der Waals surface area contributed by atoms with Crippen molar-refractivity contribution in [3.63, 3.8) is 0 Å². The monoisotopic (exact) mass is 338 g/mol. The molecule has 0 saturated heterocycles. The van der Waals surface area contributed by atoms with Crippen LogP contribution < -0.4 is 11.1 Å². The molecule has 21 heavy (non-hydrogen) atoms. The second-order valence-corrected chi connectivity index (χ2v) is 5.90. The van der Waals surface area contributed by atoms with E-state index < -0.39 is 0 Å². The summed E-state index contributed by atoms with van der Waals surface area (Å²) in [5, 5.41) is 5.39. The molecular formula is C15H12Cl2N2OS. The van der Waals surface area contributed by atoms with Crippen LogP contribution in [0.4, 0.5) is 0 Å². The van der Waals surface area contributed by atoms with Gasteiger partial charge in [0.2, 0.25) is 0 Å². The number of amides is 1. The maximum atomic E-state index is 12.1. The zero-order valence-electron chi connectivity index (χ0n) is 11.0. The number of carbonyl (C=O) groups excluding carboxylic acids is 1. The molecule has 0 atom stereocenters. The van der Waals surface area contributed by atoms with Crippen molar-refractivity contribution in [2.75, 3.05) is 6.54 Å². The SMILES string of the molecule is NCC#Cc1csc(CNC(=O)c2c(Cl)cccc2Cl)c1. The summed E-state index contributed by atoms with van der Waals surface area (Å²) in [5.74, 6) is 5.43. The average Bonchev–Trinajstić information content (AvgIpc) is 2.90. The lowest BCUT2D eigenvalue weighted by Gasteiger charge is -2.07. The van der Waals surface area contributed by atoms with Crippen LogP contribution in [-0.2, 0) is 6.54 Å². The first kappa shape index (κ1) is 15.9. The molecule has 1 aromatic carbocycles. The van der Waals surface area contributed by atoms with E-state index in [1.807, 2.05) is 11.4 Å². The molecule has 0 bridgehead atoms. The van der Waals surface area contributed by atoms with Crippen molar-refractivity contribution in [1.29, 1.82) is 0 Å². The summed E-state index contributed by atoms with van der Waals surface area (Å²) in [6.07, 6.45) is 0. The number of rotatable bonds is 3. The largest absolute Gasteiger partial charge is 0.347 e. The molecule has 0 unspecified atom stereocenters. The van der Waals surface area contributed by atoms with Crippen molar-refractivity contribution >= 4 is 40.4 Å². The molecule has 0 spiro atoms. The highest BCUT2D eigenvalue weighted by Gasteiger charge is 2.14. The van der Waals surface area contributed by atoms with Crippen molar-refractivity contribution in [1.82, 2.24) is 5.32 Å². The molecule has 0 aliphatic carbocycles. The van der Waals surface area contributed by atoms with Gasteiger partial charge in [-0.2, -0.15) is 0 Å². The quantitative estimate of drug-likeness (QED) is 0.843. The lowest BCUT2D eigenvalue weighted by atomic mass is 10.2. The second-order valence-electron chi connectivity index (χ2n) is 4.09. The van der Waals surface area contributed by atoms with Crippen LogP contribution in [0.5, 0.6) is 0 Å². The first-order valence-electron chi connectivity index (χ1n) is 6.10. The number of hydrogen-bond donors (Lipinski definition) is 2. The molecule has 3 nitrogen and oxygen atoms in total. The van der Waals surface area contributed by atoms with E-state index in [0.717, 1.165) is 10.4 Å². The fourth-order valence-electron chi connectivity index (χ4n) is 1.66. The minimum absolute atomic E-state index is 0.292. The number of thiophene rings is 1. The molecule has 1 amide bonds. The van der Waals surface area contributed by atoms with Gasteiger partial charge in [0.05, 0.1) is 28.7 Å². The molecule has 0 saturated carbocycles. The predicted molar refractivity (Wildman–Crippen MR) is 87.9 cm³/mol. The first-order chi connectivity index (χ1) is 10.1. The van der Waals surface area contributed by atoms with Crippen LogP contribution >= 0.6 is 34.5 Å². The van der Waals surface area contributed by atoms with Crippen LogP contribution in [0, 0.1) is 11.8 Å². The summed E-state index contributed by atoms with van der Waals surface area (Å²) >= 11 is 13.5. The molecule has 0 radical (unpaired) electrons. The molecule has 0 aliphatic rings. The summed E-state index contributed by atoms with van der Waals surface area (Å²) < 4.78 is 0. The number of benzene rings is 1. The Kier molecular flexibility index (Phi) is 5.66. The van der Waals surface area contributed by atoms with Crippen LogP contribution in [-0.4, -0.2) is 12.5 Å². The van der Waals surface area contributed by atoms with Crippen LogP contribution in [0.1, 0.15) is 20.8 Å². The lowest BCUT2D eigenvalue weighted by Crippen LogP contribution is -2.23. The fraction of sp³-hybridized carbons (Fsp3) is 0.133. The van der Waals surface area contributed by atoms with Crippen molar-refractivity contribution < 1.29 is 4.79 Å². The maximum absolute atomic E-state index is 12.1. The van der Waals surface area contributed by atoms with Crippen LogP contribution in [0.25, 0.3) is 0 Å². The van der Waals surface area contributed by atoms with Gasteiger partial charge in [-0.15, -0.1) is 11.3 Å². The Balaban J connectivity index is 2.03. The molecule has 3 N–H and O–H groups in total. The minimum atomic E-state index is -0.298. The maximum Gasteiger partial charge on any atom is 0.254 e. The third-order valence-corrected chi connectivity index (χ3v) is 4.17. The topological polar surface area (TPSA) is 55.1 Å². The van der Waals surface area contributed by atoms with Gasteiger partial charge in [0.15, 0.2) is 0 Å². The summed E-state index contributed by atoms with van der Waals surface area (Å²) in [6.45, 7) is 0.724. The number of hydrogen-bond acceptors (Lipinski definition) is 3. The number of nitrogens with one attached hydrogen (secondary N) is 1. The summed E-state index contributed by atoms with van der Waals surface area (Å²) in [4.78, 5) is 13.1. The van der Waals surface area contributed by atoms with E-state index in [4.69, 9.17) is 28.9 Å². The highest BCUT2D eigenvalue weighted by Crippen LogP contribution is 2.24. The summed E-state index contributed by atoms with van der Waals surface area (Å²) in [7, 11) is 0. The Morgan fingerprint density at radius 2 is 2.05 bits per heavy atom. The number of halogens is 2. The third kappa shape index (κ3) is 4.23. The molecule has 1 heterocycles. The number of carbonyl (C=O) groups is 1. The van der Waals surface area contributed by atoms with Gasteiger partial charge in [-0.25, -0.2) is 0 Å². The van der Waals surface area contributed by atoms with Crippen molar-refractivity contribution in [3.05, 3.63) is 55.7 Å². The standard InChI is InChI=1S/C15H12Cl2N2OS/c16-12-4-1-5-13(17)14(12)15(20)19-8-11-7-10(9-21-11)3-2-6-18/h1,4-5,7,9H,6,8,18H2,(H,19,20). The number of nitrogens with two attached hydrogens (primary N) is 1. The van der Waals surface area contributed by atoms with E-state index in [1.54, 1.807) is 18.2 Å². The highest BCUT2D eigenvalue weighted by molar-refractivity contribution is 7.10. The van der Waals surface area contributed by atoms with E-state index >= 15 is 0 Å². The Morgan fingerprint density at radius 3 is 2.71 bits per heavy atom. The zero-order chi connectivity index (χ0) is 15.2. The first-order valence-corrected chi connectivity index (χ1v) is 7.74. The van der Waals surface area contributed by atoms with Crippen molar-refractivity contribution in [2.45, 2.75) is 6.54 Å². The highest BCUT2D eigenvalue weighted by atomic mass is 35.5. The van der Waals surface area contributed by atoms with Crippen LogP contribution in [0.15, 0.2) is 29.6 Å². The van der Waals surface area contributed by atoms with Crippen molar-refractivity contribution in [3.8, 4) is 11.8 Å². The normalized spacial score (nSPS) is 9.86. The van der Waals surface area contributed by atoms with Gasteiger partial charge >= 0.3 is 0 Å². The molecule has 6 heteroatoms. The van der Waals surface area contributed by atoms with E-state index in [0.29, 0.717) is 28.7 Å². The van der Waals surface area contributed by atoms with Gasteiger partial charge in [0.25, 0.3) is 5.91 Å². The molecule has 1 aromatic heterocycles. The molecule has 2 rings (SSSR count). The van der Waals surface area contributed by atoms with Gasteiger partial charge in [0, 0.05) is 15.8 Å². The van der Waals surface area contributed by atoms with Gasteiger partial charge in [-0.05, 0) is 18.2 Å². The van der Waals surface area contributed by atoms with Gasteiger partial charge < -0.3 is 11.1 Å². The third-order valence-electron chi connectivity index (χ3n) is 2.60. The second kappa shape index (κ2) is 7.48. The smallest absolute Gasteiger partial charge is 0.254 e. The van der Waals surface area contributed by atoms with E-state index in [9.17, 15) is 4.79 Å². The summed E-state index contributed by atoms with van der Waals surface area (Å²) in [6, 6.07) is 6.88. The summed E-state index contributed by atoms with van der Waals surface area (Å²) in [5.41, 5.74) is 6.51. The van der Waals surface area contributed by atoms with E-state index in [1.165, 1.54) is 11.3 Å². The van der Waals surface area contributed by atoms with E-state index in [-0.39, 0.29) is 5.91 Å².